The van der Waals surface area contributed by atoms with Crippen LogP contribution in [-0.2, 0) is 4.79 Å². The van der Waals surface area contributed by atoms with Crippen molar-refractivity contribution in [2.24, 2.45) is 0 Å². The number of aliphatic hydroxyl groups is 1. The van der Waals surface area contributed by atoms with Crippen LogP contribution in [-0.4, -0.2) is 17.1 Å². The van der Waals surface area contributed by atoms with Gasteiger partial charge < -0.3 is 10.4 Å². The Hall–Kier alpha value is -2.10. The van der Waals surface area contributed by atoms with E-state index < -0.39 is 0 Å². The smallest absolute Gasteiger partial charge is 0.256 e. The Labute approximate surface area is 152 Å². The third kappa shape index (κ3) is 2.78. The first-order chi connectivity index (χ1) is 11.9. The maximum absolute atomic E-state index is 12.2. The SMILES string of the molecule is CC(C)=C1C(=O)Nc2cc(Cl)c(-c3ccc(C4CC(O)C4)cc3)cc21. The van der Waals surface area contributed by atoms with E-state index in [1.807, 2.05) is 26.0 Å². The molecule has 4 heteroatoms. The monoisotopic (exact) mass is 353 g/mol. The van der Waals surface area contributed by atoms with Crippen LogP contribution in [0, 0.1) is 0 Å². The molecule has 4 rings (SSSR count). The zero-order chi connectivity index (χ0) is 17.7. The van der Waals surface area contributed by atoms with Gasteiger partial charge >= 0.3 is 0 Å². The third-order valence-electron chi connectivity index (χ3n) is 5.16. The van der Waals surface area contributed by atoms with Crippen molar-refractivity contribution >= 4 is 28.8 Å². The van der Waals surface area contributed by atoms with Gasteiger partial charge in [-0.3, -0.25) is 4.79 Å². The number of rotatable bonds is 2. The van der Waals surface area contributed by atoms with Crippen LogP contribution in [0.4, 0.5) is 5.69 Å². The standard InChI is InChI=1S/C21H20ClNO2/c1-11(2)20-17-9-16(18(22)10-19(17)23-21(20)25)13-5-3-12(4-6-13)14-7-15(24)8-14/h3-6,9-10,14-15,24H,7-8H2,1-2H3,(H,23,25). The van der Waals surface area contributed by atoms with E-state index >= 15 is 0 Å². The van der Waals surface area contributed by atoms with Gasteiger partial charge in [-0.25, -0.2) is 0 Å². The summed E-state index contributed by atoms with van der Waals surface area (Å²) in [6, 6.07) is 12.2. The number of carbonyl (C=O) groups excluding carboxylic acids is 1. The van der Waals surface area contributed by atoms with Crippen molar-refractivity contribution in [2.45, 2.75) is 38.7 Å². The molecule has 1 heterocycles. The van der Waals surface area contributed by atoms with Crippen LogP contribution in [0.5, 0.6) is 0 Å². The first-order valence-corrected chi connectivity index (χ1v) is 8.93. The van der Waals surface area contributed by atoms with Crippen LogP contribution in [0.3, 0.4) is 0 Å². The van der Waals surface area contributed by atoms with Crippen molar-refractivity contribution in [2.75, 3.05) is 5.32 Å². The summed E-state index contributed by atoms with van der Waals surface area (Å²) in [5.74, 6) is 0.390. The number of nitrogens with one attached hydrogen (secondary N) is 1. The zero-order valence-corrected chi connectivity index (χ0v) is 15.0. The largest absolute Gasteiger partial charge is 0.393 e. The number of benzene rings is 2. The van der Waals surface area contributed by atoms with E-state index in [2.05, 4.69) is 29.6 Å². The molecule has 2 aromatic carbocycles. The molecule has 0 spiro atoms. The Kier molecular flexibility index (Phi) is 3.94. The lowest BCUT2D eigenvalue weighted by molar-refractivity contribution is -0.110. The Bertz CT molecular complexity index is 889. The summed E-state index contributed by atoms with van der Waals surface area (Å²) in [7, 11) is 0. The predicted octanol–water partition coefficient (Wildman–Crippen LogP) is 4.99. The summed E-state index contributed by atoms with van der Waals surface area (Å²) in [5, 5.41) is 13.0. The van der Waals surface area contributed by atoms with Crippen molar-refractivity contribution in [1.29, 1.82) is 0 Å². The summed E-state index contributed by atoms with van der Waals surface area (Å²) in [6.45, 7) is 3.89. The normalized spacial score (nSPS) is 21.6. The zero-order valence-electron chi connectivity index (χ0n) is 14.3. The predicted molar refractivity (Wildman–Crippen MR) is 102 cm³/mol. The quantitative estimate of drug-likeness (QED) is 0.747. The van der Waals surface area contributed by atoms with Gasteiger partial charge in [0, 0.05) is 16.7 Å². The number of anilines is 1. The van der Waals surface area contributed by atoms with Crippen LogP contribution >= 0.6 is 11.6 Å². The van der Waals surface area contributed by atoms with E-state index in [1.54, 1.807) is 0 Å². The number of fused-ring (bicyclic) bond motifs is 1. The fraction of sp³-hybridized carbons (Fsp3) is 0.286. The Morgan fingerprint density at radius 1 is 1.12 bits per heavy atom. The highest BCUT2D eigenvalue weighted by Gasteiger charge is 2.29. The van der Waals surface area contributed by atoms with E-state index in [0.29, 0.717) is 10.9 Å². The van der Waals surface area contributed by atoms with Gasteiger partial charge in [-0.05, 0) is 55.9 Å². The first kappa shape index (κ1) is 16.4. The molecule has 2 aromatic rings. The number of hydrogen-bond acceptors (Lipinski definition) is 2. The van der Waals surface area contributed by atoms with E-state index in [0.717, 1.165) is 46.4 Å². The lowest BCUT2D eigenvalue weighted by Crippen LogP contribution is -2.26. The molecule has 1 fully saturated rings. The molecule has 1 saturated carbocycles. The molecule has 128 valence electrons. The average molecular weight is 354 g/mol. The number of aliphatic hydroxyl groups excluding tert-OH is 1. The molecule has 1 aliphatic carbocycles. The average Bonchev–Trinajstić information content (AvgIpc) is 2.86. The summed E-state index contributed by atoms with van der Waals surface area (Å²) in [5.41, 5.74) is 6.62. The lowest BCUT2D eigenvalue weighted by atomic mass is 9.77. The van der Waals surface area contributed by atoms with E-state index in [1.165, 1.54) is 5.56 Å². The van der Waals surface area contributed by atoms with E-state index in [4.69, 9.17) is 11.6 Å². The molecular formula is C21H20ClNO2. The molecule has 0 atom stereocenters. The summed E-state index contributed by atoms with van der Waals surface area (Å²) in [4.78, 5) is 12.2. The number of hydrogen-bond donors (Lipinski definition) is 2. The molecule has 1 amide bonds. The highest BCUT2D eigenvalue weighted by atomic mass is 35.5. The maximum Gasteiger partial charge on any atom is 0.256 e. The van der Waals surface area contributed by atoms with Gasteiger partial charge in [-0.1, -0.05) is 41.4 Å². The van der Waals surface area contributed by atoms with E-state index in [9.17, 15) is 9.90 Å². The second-order valence-electron chi connectivity index (χ2n) is 7.15. The lowest BCUT2D eigenvalue weighted by Gasteiger charge is -2.31. The van der Waals surface area contributed by atoms with Gasteiger partial charge in [0.25, 0.3) is 5.91 Å². The van der Waals surface area contributed by atoms with Gasteiger partial charge in [0.05, 0.1) is 16.8 Å². The molecule has 2 N–H and O–H groups in total. The van der Waals surface area contributed by atoms with Gasteiger partial charge in [0.2, 0.25) is 0 Å². The minimum absolute atomic E-state index is 0.0675. The number of halogens is 1. The molecule has 0 unspecified atom stereocenters. The van der Waals surface area contributed by atoms with Gasteiger partial charge in [-0.2, -0.15) is 0 Å². The number of allylic oxidation sites excluding steroid dienone is 1. The molecule has 3 nitrogen and oxygen atoms in total. The molecule has 0 saturated heterocycles. The van der Waals surface area contributed by atoms with Crippen molar-refractivity contribution in [3.63, 3.8) is 0 Å². The van der Waals surface area contributed by atoms with Crippen LogP contribution in [0.1, 0.15) is 43.7 Å². The van der Waals surface area contributed by atoms with Crippen molar-refractivity contribution < 1.29 is 9.90 Å². The summed E-state index contributed by atoms with van der Waals surface area (Å²) >= 11 is 6.48. The minimum atomic E-state index is -0.150. The fourth-order valence-electron chi connectivity index (χ4n) is 3.70. The summed E-state index contributed by atoms with van der Waals surface area (Å²) < 4.78 is 0. The Balaban J connectivity index is 1.72. The third-order valence-corrected chi connectivity index (χ3v) is 5.47. The molecule has 0 bridgehead atoms. The Morgan fingerprint density at radius 2 is 1.80 bits per heavy atom. The molecular weight excluding hydrogens is 334 g/mol. The Morgan fingerprint density at radius 3 is 2.40 bits per heavy atom. The molecule has 2 aliphatic rings. The topological polar surface area (TPSA) is 49.3 Å². The van der Waals surface area contributed by atoms with Crippen molar-refractivity contribution in [1.82, 2.24) is 0 Å². The van der Waals surface area contributed by atoms with Crippen LogP contribution < -0.4 is 5.32 Å². The molecule has 1 aliphatic heterocycles. The van der Waals surface area contributed by atoms with Crippen molar-refractivity contribution in [3.8, 4) is 11.1 Å². The van der Waals surface area contributed by atoms with Crippen LogP contribution in [0.15, 0.2) is 42.0 Å². The van der Waals surface area contributed by atoms with Gasteiger partial charge in [0.1, 0.15) is 0 Å². The molecule has 25 heavy (non-hydrogen) atoms. The maximum atomic E-state index is 12.2. The minimum Gasteiger partial charge on any atom is -0.393 e. The van der Waals surface area contributed by atoms with E-state index in [-0.39, 0.29) is 12.0 Å². The van der Waals surface area contributed by atoms with Crippen molar-refractivity contribution in [3.05, 3.63) is 58.1 Å². The summed E-state index contributed by atoms with van der Waals surface area (Å²) in [6.07, 6.45) is 1.54. The fourth-order valence-corrected chi connectivity index (χ4v) is 3.98. The van der Waals surface area contributed by atoms with Crippen LogP contribution in [0.25, 0.3) is 16.7 Å². The highest BCUT2D eigenvalue weighted by molar-refractivity contribution is 6.36. The second-order valence-corrected chi connectivity index (χ2v) is 7.56. The number of carbonyl (C=O) groups is 1. The molecule has 0 aromatic heterocycles. The van der Waals surface area contributed by atoms with Crippen LogP contribution in [0.2, 0.25) is 5.02 Å². The first-order valence-electron chi connectivity index (χ1n) is 8.55. The van der Waals surface area contributed by atoms with Gasteiger partial charge in [-0.15, -0.1) is 0 Å². The highest BCUT2D eigenvalue weighted by Crippen LogP contribution is 2.42. The second kappa shape index (κ2) is 6.01. The molecule has 0 radical (unpaired) electrons. The van der Waals surface area contributed by atoms with Gasteiger partial charge in [0.15, 0.2) is 0 Å². The number of amides is 1.